The Morgan fingerprint density at radius 1 is 1.44 bits per heavy atom. The van der Waals surface area contributed by atoms with E-state index in [1.165, 1.54) is 0 Å². The van der Waals surface area contributed by atoms with E-state index in [0.29, 0.717) is 12.5 Å². The molecule has 1 aliphatic carbocycles. The Morgan fingerprint density at radius 3 is 2.78 bits per heavy atom. The van der Waals surface area contributed by atoms with Crippen molar-refractivity contribution in [3.05, 3.63) is 29.8 Å². The van der Waals surface area contributed by atoms with E-state index in [4.69, 9.17) is 4.74 Å². The quantitative estimate of drug-likeness (QED) is 0.756. The molecule has 0 radical (unpaired) electrons. The van der Waals surface area contributed by atoms with E-state index in [1.807, 2.05) is 29.2 Å². The summed E-state index contributed by atoms with van der Waals surface area (Å²) >= 11 is 3.41. The van der Waals surface area contributed by atoms with Gasteiger partial charge in [0.1, 0.15) is 5.75 Å². The maximum absolute atomic E-state index is 12.3. The van der Waals surface area contributed by atoms with E-state index in [1.54, 1.807) is 7.11 Å². The summed E-state index contributed by atoms with van der Waals surface area (Å²) in [7, 11) is 1.64. The van der Waals surface area contributed by atoms with E-state index in [9.17, 15) is 4.79 Å². The Bertz CT molecular complexity index is 418. The first-order valence-corrected chi connectivity index (χ1v) is 7.35. The molecule has 0 aliphatic heterocycles. The van der Waals surface area contributed by atoms with Crippen molar-refractivity contribution in [2.75, 3.05) is 19.0 Å². The summed E-state index contributed by atoms with van der Waals surface area (Å²) in [4.78, 5) is 14.3. The topological polar surface area (TPSA) is 29.5 Å². The van der Waals surface area contributed by atoms with Gasteiger partial charge in [-0.1, -0.05) is 34.1 Å². The fourth-order valence-corrected chi connectivity index (χ4v) is 2.48. The van der Waals surface area contributed by atoms with Gasteiger partial charge in [-0.3, -0.25) is 4.79 Å². The summed E-state index contributed by atoms with van der Waals surface area (Å²) < 4.78 is 5.28. The van der Waals surface area contributed by atoms with Crippen LogP contribution in [0.1, 0.15) is 18.4 Å². The molecule has 0 heterocycles. The zero-order valence-corrected chi connectivity index (χ0v) is 12.1. The Morgan fingerprint density at radius 2 is 2.17 bits per heavy atom. The monoisotopic (exact) mass is 311 g/mol. The molecule has 1 aromatic rings. The lowest BCUT2D eigenvalue weighted by Crippen LogP contribution is -2.35. The highest BCUT2D eigenvalue weighted by atomic mass is 79.9. The number of carbonyl (C=O) groups is 1. The van der Waals surface area contributed by atoms with E-state index >= 15 is 0 Å². The average Bonchev–Trinajstić information content (AvgIpc) is 3.20. The summed E-state index contributed by atoms with van der Waals surface area (Å²) in [6.45, 7) is 0.790. The minimum absolute atomic E-state index is 0.196. The predicted octanol–water partition coefficient (Wildman–Crippen LogP) is 2.62. The maximum atomic E-state index is 12.3. The van der Waals surface area contributed by atoms with Crippen LogP contribution in [0, 0.1) is 0 Å². The van der Waals surface area contributed by atoms with Gasteiger partial charge in [-0.25, -0.2) is 0 Å². The molecule has 98 valence electrons. The van der Waals surface area contributed by atoms with Gasteiger partial charge in [0, 0.05) is 23.5 Å². The van der Waals surface area contributed by atoms with Crippen molar-refractivity contribution in [2.24, 2.45) is 0 Å². The predicted molar refractivity (Wildman–Crippen MR) is 75.2 cm³/mol. The van der Waals surface area contributed by atoms with Gasteiger partial charge in [0.2, 0.25) is 5.91 Å². The molecular weight excluding hydrogens is 294 g/mol. The number of rotatable bonds is 6. The second-order valence-electron chi connectivity index (χ2n) is 4.50. The molecule has 0 saturated heterocycles. The summed E-state index contributed by atoms with van der Waals surface area (Å²) in [5, 5.41) is 0.834. The first kappa shape index (κ1) is 13.4. The number of hydrogen-bond acceptors (Lipinski definition) is 2. The lowest BCUT2D eigenvalue weighted by Gasteiger charge is -2.21. The van der Waals surface area contributed by atoms with Crippen LogP contribution in [0.5, 0.6) is 5.75 Å². The van der Waals surface area contributed by atoms with Crippen LogP contribution >= 0.6 is 15.9 Å². The molecule has 18 heavy (non-hydrogen) atoms. The van der Waals surface area contributed by atoms with Crippen LogP contribution in [0.25, 0.3) is 0 Å². The van der Waals surface area contributed by atoms with Crippen molar-refractivity contribution >= 4 is 21.8 Å². The summed E-state index contributed by atoms with van der Waals surface area (Å²) in [5.41, 5.74) is 0.963. The van der Waals surface area contributed by atoms with Gasteiger partial charge >= 0.3 is 0 Å². The van der Waals surface area contributed by atoms with Gasteiger partial charge < -0.3 is 9.64 Å². The number of methoxy groups -OCH3 is 1. The third kappa shape index (κ3) is 3.25. The molecule has 1 saturated carbocycles. The van der Waals surface area contributed by atoms with Crippen LogP contribution in [-0.2, 0) is 11.2 Å². The van der Waals surface area contributed by atoms with Crippen LogP contribution < -0.4 is 4.74 Å². The van der Waals surface area contributed by atoms with Crippen LogP contribution in [0.4, 0.5) is 0 Å². The van der Waals surface area contributed by atoms with Gasteiger partial charge in [-0.15, -0.1) is 0 Å². The minimum Gasteiger partial charge on any atom is -0.496 e. The number of alkyl halides is 1. The lowest BCUT2D eigenvalue weighted by molar-refractivity contribution is -0.130. The fraction of sp³-hybridized carbons (Fsp3) is 0.500. The number of amides is 1. The molecule has 0 aromatic heterocycles. The number of benzene rings is 1. The lowest BCUT2D eigenvalue weighted by atomic mass is 10.1. The second kappa shape index (κ2) is 6.23. The molecule has 0 bridgehead atoms. The molecule has 1 aromatic carbocycles. The highest BCUT2D eigenvalue weighted by molar-refractivity contribution is 9.09. The highest BCUT2D eigenvalue weighted by Gasteiger charge is 2.32. The van der Waals surface area contributed by atoms with Crippen LogP contribution in [-0.4, -0.2) is 35.8 Å². The maximum Gasteiger partial charge on any atom is 0.227 e. The van der Waals surface area contributed by atoms with E-state index < -0.39 is 0 Å². The SMILES string of the molecule is COc1ccccc1CC(=O)N(CCBr)C1CC1. The Hall–Kier alpha value is -1.03. The Balaban J connectivity index is 2.04. The van der Waals surface area contributed by atoms with E-state index in [2.05, 4.69) is 15.9 Å². The van der Waals surface area contributed by atoms with Crippen LogP contribution in [0.15, 0.2) is 24.3 Å². The second-order valence-corrected chi connectivity index (χ2v) is 5.29. The smallest absolute Gasteiger partial charge is 0.227 e. The van der Waals surface area contributed by atoms with Crippen LogP contribution in [0.3, 0.4) is 0 Å². The minimum atomic E-state index is 0.196. The number of halogens is 1. The van der Waals surface area contributed by atoms with Crippen molar-refractivity contribution in [3.8, 4) is 5.75 Å². The first-order valence-electron chi connectivity index (χ1n) is 6.23. The molecule has 2 rings (SSSR count). The van der Waals surface area contributed by atoms with Crippen molar-refractivity contribution in [1.82, 2.24) is 4.90 Å². The average molecular weight is 312 g/mol. The Kier molecular flexibility index (Phi) is 4.64. The van der Waals surface area contributed by atoms with Crippen molar-refractivity contribution in [3.63, 3.8) is 0 Å². The van der Waals surface area contributed by atoms with Crippen LogP contribution in [0.2, 0.25) is 0 Å². The molecule has 3 nitrogen and oxygen atoms in total. The molecule has 0 unspecified atom stereocenters. The van der Waals surface area contributed by atoms with E-state index in [-0.39, 0.29) is 5.91 Å². The van der Waals surface area contributed by atoms with Gasteiger partial charge in [-0.2, -0.15) is 0 Å². The fourth-order valence-electron chi connectivity index (χ4n) is 2.10. The number of ether oxygens (including phenoxy) is 1. The third-order valence-electron chi connectivity index (χ3n) is 3.17. The zero-order chi connectivity index (χ0) is 13.0. The molecule has 1 aliphatic rings. The Labute approximate surface area is 116 Å². The molecule has 0 N–H and O–H groups in total. The zero-order valence-electron chi connectivity index (χ0n) is 10.6. The number of para-hydroxylation sites is 1. The molecule has 4 heteroatoms. The van der Waals surface area contributed by atoms with Gasteiger partial charge in [0.25, 0.3) is 0 Å². The summed E-state index contributed by atoms with van der Waals surface area (Å²) in [5.74, 6) is 0.988. The standard InChI is InChI=1S/C14H18BrNO2/c1-18-13-5-3-2-4-11(13)10-14(17)16(9-8-15)12-6-7-12/h2-5,12H,6-10H2,1H3. The summed E-state index contributed by atoms with van der Waals surface area (Å²) in [6, 6.07) is 8.18. The molecule has 0 atom stereocenters. The number of hydrogen-bond donors (Lipinski definition) is 0. The third-order valence-corrected chi connectivity index (χ3v) is 3.52. The van der Waals surface area contributed by atoms with Crippen molar-refractivity contribution in [2.45, 2.75) is 25.3 Å². The summed E-state index contributed by atoms with van der Waals surface area (Å²) in [6.07, 6.45) is 2.71. The molecule has 1 fully saturated rings. The van der Waals surface area contributed by atoms with Gasteiger partial charge in [0.05, 0.1) is 13.5 Å². The van der Waals surface area contributed by atoms with Crippen molar-refractivity contribution in [1.29, 1.82) is 0 Å². The van der Waals surface area contributed by atoms with E-state index in [0.717, 1.165) is 36.0 Å². The van der Waals surface area contributed by atoms with Crippen molar-refractivity contribution < 1.29 is 9.53 Å². The normalized spacial score (nSPS) is 14.3. The molecule has 1 amide bonds. The number of nitrogens with zero attached hydrogens (tertiary/aromatic N) is 1. The molecule has 0 spiro atoms. The van der Waals surface area contributed by atoms with Gasteiger partial charge in [0.15, 0.2) is 0 Å². The van der Waals surface area contributed by atoms with Gasteiger partial charge in [-0.05, 0) is 18.9 Å². The first-order chi connectivity index (χ1) is 8.76. The molecular formula is C14H18BrNO2. The largest absolute Gasteiger partial charge is 0.496 e. The number of carbonyl (C=O) groups excluding carboxylic acids is 1. The highest BCUT2D eigenvalue weighted by Crippen LogP contribution is 2.28.